The molecule has 0 bridgehead atoms. The lowest BCUT2D eigenvalue weighted by Crippen LogP contribution is -2.58. The van der Waals surface area contributed by atoms with Crippen LogP contribution >= 0.6 is 0 Å². The molecule has 2 aliphatic heterocycles. The van der Waals surface area contributed by atoms with Gasteiger partial charge in [-0.05, 0) is 18.8 Å². The molecule has 0 unspecified atom stereocenters. The van der Waals surface area contributed by atoms with Crippen molar-refractivity contribution in [1.29, 1.82) is 0 Å². The molecule has 0 aromatic heterocycles. The van der Waals surface area contributed by atoms with E-state index < -0.39 is 11.8 Å². The van der Waals surface area contributed by atoms with Crippen LogP contribution in [-0.4, -0.2) is 70.9 Å². The van der Waals surface area contributed by atoms with Crippen molar-refractivity contribution in [1.82, 2.24) is 9.80 Å². The predicted octanol–water partition coefficient (Wildman–Crippen LogP) is 3.78. The summed E-state index contributed by atoms with van der Waals surface area (Å²) in [4.78, 5) is 17.6. The summed E-state index contributed by atoms with van der Waals surface area (Å²) in [7, 11) is 0. The van der Waals surface area contributed by atoms with Gasteiger partial charge in [-0.3, -0.25) is 14.6 Å². The van der Waals surface area contributed by atoms with E-state index in [1.165, 1.54) is 5.57 Å². The lowest BCUT2D eigenvalue weighted by Gasteiger charge is -2.52. The third-order valence-corrected chi connectivity index (χ3v) is 10.2. The van der Waals surface area contributed by atoms with E-state index in [2.05, 4.69) is 29.7 Å². The number of hydrogen-bond acceptors (Lipinski definition) is 6. The molecule has 6 nitrogen and oxygen atoms in total. The van der Waals surface area contributed by atoms with Gasteiger partial charge in [0.25, 0.3) is 0 Å². The molecule has 0 spiro atoms. The van der Waals surface area contributed by atoms with Crippen LogP contribution in [0.1, 0.15) is 44.2 Å². The normalized spacial score (nSPS) is 34.3. The standard InChI is InChI=1S/C32H40N2O4/c1-22-10-9-15-25-20-27-28(29(35)31(22,25)2)26(30(36)38-27)21-33-16-18-34(19-17-33)32(37,23-11-5-3-6-12-23)24-13-7-4-8-14-24/h3-8,11-15,22,26-29,35,37H,9-10,16-21H2,1-2H3/t22-,26-,27-,28-,29+,31-/m1/s1. The van der Waals surface area contributed by atoms with Crippen molar-refractivity contribution in [2.24, 2.45) is 23.2 Å². The summed E-state index contributed by atoms with van der Waals surface area (Å²) in [6.45, 7) is 7.82. The third kappa shape index (κ3) is 4.04. The highest BCUT2D eigenvalue weighted by atomic mass is 16.6. The zero-order valence-corrected chi connectivity index (χ0v) is 22.5. The summed E-state index contributed by atoms with van der Waals surface area (Å²) >= 11 is 0. The van der Waals surface area contributed by atoms with Gasteiger partial charge in [0, 0.05) is 61.6 Å². The number of rotatable bonds is 5. The fourth-order valence-electron chi connectivity index (χ4n) is 7.68. The Labute approximate surface area is 225 Å². The first-order valence-corrected chi connectivity index (χ1v) is 14.2. The maximum absolute atomic E-state index is 13.1. The Hall–Kier alpha value is -2.51. The second kappa shape index (κ2) is 9.91. The molecule has 3 fully saturated rings. The monoisotopic (exact) mass is 516 g/mol. The third-order valence-electron chi connectivity index (χ3n) is 10.2. The Morgan fingerprint density at radius 1 is 1.00 bits per heavy atom. The molecule has 6 atom stereocenters. The highest BCUT2D eigenvalue weighted by Crippen LogP contribution is 2.56. The molecule has 4 aliphatic rings. The van der Waals surface area contributed by atoms with E-state index in [1.807, 2.05) is 60.7 Å². The molecule has 1 saturated carbocycles. The second-order valence-corrected chi connectivity index (χ2v) is 12.0. The molecular weight excluding hydrogens is 476 g/mol. The number of allylic oxidation sites excluding steroid dienone is 1. The van der Waals surface area contributed by atoms with Crippen molar-refractivity contribution in [2.75, 3.05) is 32.7 Å². The van der Waals surface area contributed by atoms with E-state index in [0.29, 0.717) is 25.6 Å². The fourth-order valence-corrected chi connectivity index (χ4v) is 7.68. The largest absolute Gasteiger partial charge is 0.461 e. The molecule has 2 saturated heterocycles. The molecule has 2 aliphatic carbocycles. The van der Waals surface area contributed by atoms with Crippen LogP contribution in [0.15, 0.2) is 72.3 Å². The predicted molar refractivity (Wildman–Crippen MR) is 146 cm³/mol. The maximum Gasteiger partial charge on any atom is 0.311 e. The van der Waals surface area contributed by atoms with Crippen LogP contribution in [0.5, 0.6) is 0 Å². The SMILES string of the molecule is C[C@@H]1CCC=C2C[C@H]3OC(=O)[C@H](CN4CCN(C(O)(c5ccccc5)c5ccccc5)CC4)[C@H]3[C@H](O)[C@@]21C. The van der Waals surface area contributed by atoms with Crippen LogP contribution in [0.2, 0.25) is 0 Å². The van der Waals surface area contributed by atoms with Crippen molar-refractivity contribution < 1.29 is 19.7 Å². The lowest BCUT2D eigenvalue weighted by molar-refractivity contribution is -0.145. The van der Waals surface area contributed by atoms with E-state index in [4.69, 9.17) is 4.74 Å². The molecule has 6 heteroatoms. The van der Waals surface area contributed by atoms with Crippen LogP contribution in [0.3, 0.4) is 0 Å². The van der Waals surface area contributed by atoms with Crippen molar-refractivity contribution in [3.05, 3.63) is 83.4 Å². The summed E-state index contributed by atoms with van der Waals surface area (Å²) in [5.41, 5.74) is 1.47. The van der Waals surface area contributed by atoms with Gasteiger partial charge in [-0.2, -0.15) is 0 Å². The van der Waals surface area contributed by atoms with Crippen molar-refractivity contribution >= 4 is 5.97 Å². The summed E-state index contributed by atoms with van der Waals surface area (Å²) in [6.07, 6.45) is 4.33. The van der Waals surface area contributed by atoms with Crippen molar-refractivity contribution in [2.45, 2.75) is 51.0 Å². The number of fused-ring (bicyclic) bond motifs is 2. The maximum atomic E-state index is 13.1. The zero-order valence-electron chi connectivity index (χ0n) is 22.5. The molecule has 2 aromatic rings. The summed E-state index contributed by atoms with van der Waals surface area (Å²) in [6, 6.07) is 19.7. The Kier molecular flexibility index (Phi) is 6.71. The molecule has 38 heavy (non-hydrogen) atoms. The number of esters is 1. The van der Waals surface area contributed by atoms with Gasteiger partial charge in [-0.25, -0.2) is 0 Å². The van der Waals surface area contributed by atoms with Gasteiger partial charge < -0.3 is 14.9 Å². The van der Waals surface area contributed by atoms with Crippen molar-refractivity contribution in [3.8, 4) is 0 Å². The molecule has 202 valence electrons. The number of hydrogen-bond donors (Lipinski definition) is 2. The van der Waals surface area contributed by atoms with Crippen LogP contribution < -0.4 is 0 Å². The average Bonchev–Trinajstić information content (AvgIpc) is 3.26. The van der Waals surface area contributed by atoms with Gasteiger partial charge >= 0.3 is 5.97 Å². The minimum Gasteiger partial charge on any atom is -0.461 e. The van der Waals surface area contributed by atoms with Gasteiger partial charge in [0.15, 0.2) is 5.72 Å². The number of ether oxygens (including phenoxy) is 1. The number of aliphatic hydroxyl groups excluding tert-OH is 1. The quantitative estimate of drug-likeness (QED) is 0.466. The average molecular weight is 517 g/mol. The van der Waals surface area contributed by atoms with Gasteiger partial charge in [-0.1, -0.05) is 86.2 Å². The molecule has 6 rings (SSSR count). The van der Waals surface area contributed by atoms with Gasteiger partial charge in [-0.15, -0.1) is 0 Å². The first-order chi connectivity index (χ1) is 18.3. The van der Waals surface area contributed by atoms with Crippen LogP contribution in [-0.2, 0) is 15.3 Å². The first kappa shape index (κ1) is 25.8. The smallest absolute Gasteiger partial charge is 0.311 e. The Morgan fingerprint density at radius 3 is 2.21 bits per heavy atom. The minimum absolute atomic E-state index is 0.165. The van der Waals surface area contributed by atoms with E-state index in [9.17, 15) is 15.0 Å². The Morgan fingerprint density at radius 2 is 1.61 bits per heavy atom. The molecule has 2 heterocycles. The summed E-state index contributed by atoms with van der Waals surface area (Å²) in [5.74, 6) is -0.279. The molecular formula is C32H40N2O4. The number of carbonyl (C=O) groups excluding carboxylic acids is 1. The highest BCUT2D eigenvalue weighted by molar-refractivity contribution is 5.76. The van der Waals surface area contributed by atoms with Gasteiger partial charge in [0.1, 0.15) is 6.10 Å². The molecule has 0 amide bonds. The topological polar surface area (TPSA) is 73.2 Å². The Bertz CT molecular complexity index is 1140. The zero-order chi connectivity index (χ0) is 26.5. The summed E-state index contributed by atoms with van der Waals surface area (Å²) in [5, 5.41) is 23.8. The number of aliphatic hydroxyl groups is 2. The van der Waals surface area contributed by atoms with E-state index in [1.54, 1.807) is 0 Å². The lowest BCUT2D eigenvalue weighted by atomic mass is 9.55. The van der Waals surface area contributed by atoms with E-state index in [0.717, 1.165) is 43.5 Å². The second-order valence-electron chi connectivity index (χ2n) is 12.0. The van der Waals surface area contributed by atoms with E-state index >= 15 is 0 Å². The van der Waals surface area contributed by atoms with Gasteiger partial charge in [0.05, 0.1) is 12.0 Å². The minimum atomic E-state index is -1.22. The number of piperazine rings is 1. The van der Waals surface area contributed by atoms with Crippen LogP contribution in [0.4, 0.5) is 0 Å². The summed E-state index contributed by atoms with van der Waals surface area (Å²) < 4.78 is 5.89. The highest BCUT2D eigenvalue weighted by Gasteiger charge is 2.60. The molecule has 2 aromatic carbocycles. The Balaban J connectivity index is 1.18. The molecule has 0 radical (unpaired) electrons. The number of benzene rings is 2. The van der Waals surface area contributed by atoms with Crippen molar-refractivity contribution in [3.63, 3.8) is 0 Å². The van der Waals surface area contributed by atoms with Crippen LogP contribution in [0, 0.1) is 23.2 Å². The number of carbonyl (C=O) groups is 1. The number of nitrogens with zero attached hydrogens (tertiary/aromatic N) is 2. The van der Waals surface area contributed by atoms with Gasteiger partial charge in [0.2, 0.25) is 0 Å². The molecule has 2 N–H and O–H groups in total. The fraction of sp³-hybridized carbons (Fsp3) is 0.531. The van der Waals surface area contributed by atoms with Crippen LogP contribution in [0.25, 0.3) is 0 Å². The van der Waals surface area contributed by atoms with E-state index in [-0.39, 0.29) is 29.3 Å². The first-order valence-electron chi connectivity index (χ1n) is 14.2.